The monoisotopic (exact) mass is 185 g/mol. The normalized spacial score (nSPS) is 10.9. The Morgan fingerprint density at radius 2 is 1.93 bits per heavy atom. The standard InChI is InChI=1S/C9H7N5/c1-2-4-7(5-3-1)14-12-8-9(13-14)11-6-10-8/h1-6H,(H,10,11,12,13). The van der Waals surface area contributed by atoms with Gasteiger partial charge >= 0.3 is 0 Å². The minimum Gasteiger partial charge on any atom is -0.326 e. The van der Waals surface area contributed by atoms with Crippen molar-refractivity contribution in [3.8, 4) is 5.69 Å². The molecule has 5 heteroatoms. The Labute approximate surface area is 79.4 Å². The summed E-state index contributed by atoms with van der Waals surface area (Å²) in [5.41, 5.74) is 2.27. The first-order valence-electron chi connectivity index (χ1n) is 4.25. The van der Waals surface area contributed by atoms with E-state index in [1.165, 1.54) is 0 Å². The van der Waals surface area contributed by atoms with Crippen molar-refractivity contribution in [2.75, 3.05) is 0 Å². The molecule has 14 heavy (non-hydrogen) atoms. The van der Waals surface area contributed by atoms with Crippen LogP contribution in [0.1, 0.15) is 0 Å². The van der Waals surface area contributed by atoms with Crippen molar-refractivity contribution < 1.29 is 0 Å². The summed E-state index contributed by atoms with van der Waals surface area (Å²) in [4.78, 5) is 8.48. The molecule has 68 valence electrons. The molecule has 0 atom stereocenters. The number of hydrogen-bond donors (Lipinski definition) is 1. The van der Waals surface area contributed by atoms with Gasteiger partial charge in [-0.1, -0.05) is 18.2 Å². The van der Waals surface area contributed by atoms with Crippen LogP contribution in [0, 0.1) is 0 Å². The molecular weight excluding hydrogens is 178 g/mol. The topological polar surface area (TPSA) is 59.4 Å². The lowest BCUT2D eigenvalue weighted by Crippen LogP contribution is -1.97. The maximum atomic E-state index is 4.23. The second-order valence-corrected chi connectivity index (χ2v) is 2.90. The van der Waals surface area contributed by atoms with Gasteiger partial charge in [0.25, 0.3) is 0 Å². The van der Waals surface area contributed by atoms with Gasteiger partial charge in [-0.15, -0.1) is 15.0 Å². The highest BCUT2D eigenvalue weighted by atomic mass is 15.5. The molecule has 2 heterocycles. The van der Waals surface area contributed by atoms with Crippen LogP contribution >= 0.6 is 0 Å². The SMILES string of the molecule is c1ccc(-n2nc3nc[nH]c3n2)cc1. The molecule has 0 amide bonds. The fraction of sp³-hybridized carbons (Fsp3) is 0. The Morgan fingerprint density at radius 1 is 1.07 bits per heavy atom. The van der Waals surface area contributed by atoms with Crippen LogP contribution in [0.5, 0.6) is 0 Å². The average Bonchev–Trinajstić information content (AvgIpc) is 2.78. The van der Waals surface area contributed by atoms with Crippen molar-refractivity contribution in [3.05, 3.63) is 36.7 Å². The summed E-state index contributed by atoms with van der Waals surface area (Å²) in [6.45, 7) is 0. The Hall–Kier alpha value is -2.17. The highest BCUT2D eigenvalue weighted by molar-refractivity contribution is 5.63. The first kappa shape index (κ1) is 7.25. The van der Waals surface area contributed by atoms with Gasteiger partial charge in [0.05, 0.1) is 12.0 Å². The molecule has 0 aliphatic rings. The van der Waals surface area contributed by atoms with Crippen LogP contribution in [0.4, 0.5) is 0 Å². The molecule has 5 nitrogen and oxygen atoms in total. The van der Waals surface area contributed by atoms with Gasteiger partial charge in [-0.2, -0.15) is 0 Å². The van der Waals surface area contributed by atoms with Crippen LogP contribution in [-0.2, 0) is 0 Å². The van der Waals surface area contributed by atoms with E-state index in [4.69, 9.17) is 0 Å². The van der Waals surface area contributed by atoms with Gasteiger partial charge in [0.15, 0.2) is 0 Å². The molecule has 3 aromatic rings. The van der Waals surface area contributed by atoms with Gasteiger partial charge in [0.2, 0.25) is 11.3 Å². The molecular formula is C9H7N5. The fourth-order valence-corrected chi connectivity index (χ4v) is 1.31. The molecule has 2 aromatic heterocycles. The predicted octanol–water partition coefficient (Wildman–Crippen LogP) is 1.14. The molecule has 0 spiro atoms. The van der Waals surface area contributed by atoms with E-state index in [0.717, 1.165) is 5.69 Å². The van der Waals surface area contributed by atoms with E-state index in [0.29, 0.717) is 11.3 Å². The van der Waals surface area contributed by atoms with Gasteiger partial charge in [-0.3, -0.25) is 0 Å². The second kappa shape index (κ2) is 2.66. The maximum absolute atomic E-state index is 4.23. The molecule has 0 bridgehead atoms. The van der Waals surface area contributed by atoms with E-state index in [1.807, 2.05) is 30.3 Å². The van der Waals surface area contributed by atoms with Crippen LogP contribution in [0.2, 0.25) is 0 Å². The molecule has 0 aliphatic carbocycles. The minimum atomic E-state index is 0.633. The number of nitrogens with zero attached hydrogens (tertiary/aromatic N) is 4. The summed E-state index contributed by atoms with van der Waals surface area (Å²) in [5, 5.41) is 8.44. The number of aromatic amines is 1. The Bertz CT molecular complexity index is 522. The first-order chi connectivity index (χ1) is 6.93. The zero-order chi connectivity index (χ0) is 9.38. The Kier molecular flexibility index (Phi) is 1.38. The van der Waals surface area contributed by atoms with Crippen molar-refractivity contribution in [3.63, 3.8) is 0 Å². The van der Waals surface area contributed by atoms with E-state index < -0.39 is 0 Å². The van der Waals surface area contributed by atoms with Crippen LogP contribution in [0.3, 0.4) is 0 Å². The molecule has 1 N–H and O–H groups in total. The number of rotatable bonds is 1. The van der Waals surface area contributed by atoms with Gasteiger partial charge < -0.3 is 4.98 Å². The van der Waals surface area contributed by atoms with Gasteiger partial charge in [0, 0.05) is 0 Å². The minimum absolute atomic E-state index is 0.633. The predicted molar refractivity (Wildman–Crippen MR) is 51.0 cm³/mol. The van der Waals surface area contributed by atoms with Crippen molar-refractivity contribution in [1.82, 2.24) is 25.0 Å². The summed E-state index contributed by atoms with van der Waals surface area (Å²) in [6.07, 6.45) is 1.58. The lowest BCUT2D eigenvalue weighted by Gasteiger charge is -1.95. The Morgan fingerprint density at radius 3 is 2.71 bits per heavy atom. The van der Waals surface area contributed by atoms with E-state index in [9.17, 15) is 0 Å². The van der Waals surface area contributed by atoms with E-state index in [1.54, 1.807) is 11.1 Å². The van der Waals surface area contributed by atoms with E-state index in [2.05, 4.69) is 20.2 Å². The molecule has 0 unspecified atom stereocenters. The molecule has 0 saturated carbocycles. The first-order valence-corrected chi connectivity index (χ1v) is 4.25. The maximum Gasteiger partial charge on any atom is 0.220 e. The molecule has 1 aromatic carbocycles. The number of hydrogen-bond acceptors (Lipinski definition) is 3. The number of H-pyrrole nitrogens is 1. The lowest BCUT2D eigenvalue weighted by molar-refractivity contribution is 0.758. The van der Waals surface area contributed by atoms with E-state index >= 15 is 0 Å². The van der Waals surface area contributed by atoms with Crippen LogP contribution in [0.15, 0.2) is 36.7 Å². The molecule has 0 saturated heterocycles. The number of imidazole rings is 1. The summed E-state index contributed by atoms with van der Waals surface area (Å²) in [5.74, 6) is 0. The molecule has 0 radical (unpaired) electrons. The third-order valence-electron chi connectivity index (χ3n) is 1.97. The van der Waals surface area contributed by atoms with Crippen LogP contribution < -0.4 is 0 Å². The number of fused-ring (bicyclic) bond motifs is 1. The number of para-hydroxylation sites is 1. The van der Waals surface area contributed by atoms with Crippen LogP contribution in [0.25, 0.3) is 17.0 Å². The average molecular weight is 185 g/mol. The zero-order valence-corrected chi connectivity index (χ0v) is 7.25. The summed E-state index contributed by atoms with van der Waals surface area (Å²) in [7, 11) is 0. The van der Waals surface area contributed by atoms with Crippen molar-refractivity contribution in [2.24, 2.45) is 0 Å². The quantitative estimate of drug-likeness (QED) is 0.618. The molecule has 0 fully saturated rings. The highest BCUT2D eigenvalue weighted by Crippen LogP contribution is 2.07. The lowest BCUT2D eigenvalue weighted by atomic mass is 10.3. The fourth-order valence-electron chi connectivity index (χ4n) is 1.31. The van der Waals surface area contributed by atoms with Gasteiger partial charge in [-0.25, -0.2) is 4.98 Å². The summed E-state index contributed by atoms with van der Waals surface area (Å²) < 4.78 is 0. The van der Waals surface area contributed by atoms with Crippen LogP contribution in [-0.4, -0.2) is 25.0 Å². The van der Waals surface area contributed by atoms with Gasteiger partial charge in [0.1, 0.15) is 0 Å². The van der Waals surface area contributed by atoms with E-state index in [-0.39, 0.29) is 0 Å². The smallest absolute Gasteiger partial charge is 0.220 e. The van der Waals surface area contributed by atoms with Crippen molar-refractivity contribution >= 4 is 11.3 Å². The number of benzene rings is 1. The van der Waals surface area contributed by atoms with Crippen molar-refractivity contribution in [1.29, 1.82) is 0 Å². The molecule has 3 rings (SSSR count). The summed E-state index contributed by atoms with van der Waals surface area (Å²) in [6, 6.07) is 9.73. The Balaban J connectivity index is 2.19. The second-order valence-electron chi connectivity index (χ2n) is 2.90. The zero-order valence-electron chi connectivity index (χ0n) is 7.25. The molecule has 0 aliphatic heterocycles. The third-order valence-corrected chi connectivity index (χ3v) is 1.97. The largest absolute Gasteiger partial charge is 0.326 e. The highest BCUT2D eigenvalue weighted by Gasteiger charge is 2.04. The van der Waals surface area contributed by atoms with Crippen molar-refractivity contribution in [2.45, 2.75) is 0 Å². The van der Waals surface area contributed by atoms with Gasteiger partial charge in [-0.05, 0) is 12.1 Å². The third kappa shape index (κ3) is 0.990. The number of nitrogens with one attached hydrogen (secondary N) is 1. The number of aromatic nitrogens is 5. The summed E-state index contributed by atoms with van der Waals surface area (Å²) >= 11 is 0.